The average molecular weight is 411 g/mol. The van der Waals surface area contributed by atoms with Crippen LogP contribution in [0.5, 0.6) is 0 Å². The van der Waals surface area contributed by atoms with Crippen LogP contribution in [-0.4, -0.2) is 41.5 Å². The molecule has 31 heavy (non-hydrogen) atoms. The molecule has 4 aromatic rings. The molecular weight excluding hydrogens is 390 g/mol. The summed E-state index contributed by atoms with van der Waals surface area (Å²) in [5, 5.41) is 6.42. The molecule has 2 amide bonds. The molecule has 1 aliphatic rings. The Morgan fingerprint density at radius 3 is 2.55 bits per heavy atom. The zero-order valence-electron chi connectivity index (χ0n) is 16.9. The van der Waals surface area contributed by atoms with E-state index in [1.54, 1.807) is 11.0 Å². The maximum absolute atomic E-state index is 12.9. The molecule has 1 aliphatic heterocycles. The molecular formula is C25H21N3O3. The fourth-order valence-corrected chi connectivity index (χ4v) is 4.02. The summed E-state index contributed by atoms with van der Waals surface area (Å²) < 4.78 is 5.34. The minimum absolute atomic E-state index is 0.0209. The predicted molar refractivity (Wildman–Crippen MR) is 118 cm³/mol. The first-order valence-corrected chi connectivity index (χ1v) is 10.3. The highest BCUT2D eigenvalue weighted by Gasteiger charge is 2.30. The molecule has 0 bridgehead atoms. The van der Waals surface area contributed by atoms with Crippen LogP contribution >= 0.6 is 0 Å². The molecule has 6 nitrogen and oxygen atoms in total. The topological polar surface area (TPSA) is 66.7 Å². The number of anilines is 1. The first-order valence-electron chi connectivity index (χ1n) is 10.3. The van der Waals surface area contributed by atoms with Crippen molar-refractivity contribution < 1.29 is 14.1 Å². The summed E-state index contributed by atoms with van der Waals surface area (Å²) in [7, 11) is 0. The van der Waals surface area contributed by atoms with E-state index in [0.29, 0.717) is 25.2 Å². The number of carbonyl (C=O) groups excluding carboxylic acids is 2. The van der Waals surface area contributed by atoms with Crippen LogP contribution in [0.2, 0.25) is 0 Å². The molecule has 6 heteroatoms. The van der Waals surface area contributed by atoms with Gasteiger partial charge in [-0.3, -0.25) is 9.59 Å². The fourth-order valence-electron chi connectivity index (χ4n) is 4.02. The lowest BCUT2D eigenvalue weighted by atomic mass is 10.0. The molecule has 0 aliphatic carbocycles. The monoisotopic (exact) mass is 411 g/mol. The highest BCUT2D eigenvalue weighted by atomic mass is 16.5. The summed E-state index contributed by atoms with van der Waals surface area (Å²) in [4.78, 5) is 28.7. The van der Waals surface area contributed by atoms with Crippen LogP contribution in [0.3, 0.4) is 0 Å². The number of nitrogens with zero attached hydrogens (tertiary/aromatic N) is 3. The Bertz CT molecular complexity index is 1240. The smallest absolute Gasteiger partial charge is 0.293 e. The lowest BCUT2D eigenvalue weighted by Gasteiger charge is -2.33. The first kappa shape index (κ1) is 19.1. The van der Waals surface area contributed by atoms with Gasteiger partial charge in [0.05, 0.1) is 5.69 Å². The molecule has 0 radical (unpaired) electrons. The molecule has 5 rings (SSSR count). The molecule has 1 saturated heterocycles. The molecule has 1 aromatic heterocycles. The van der Waals surface area contributed by atoms with Gasteiger partial charge in [-0.2, -0.15) is 0 Å². The van der Waals surface area contributed by atoms with Gasteiger partial charge in [-0.1, -0.05) is 65.8 Å². The van der Waals surface area contributed by atoms with Crippen molar-refractivity contribution in [3.63, 3.8) is 0 Å². The third-order valence-corrected chi connectivity index (χ3v) is 5.60. The van der Waals surface area contributed by atoms with Crippen molar-refractivity contribution in [2.24, 2.45) is 0 Å². The fraction of sp³-hybridized carbons (Fsp3) is 0.160. The number of para-hydroxylation sites is 1. The molecule has 1 fully saturated rings. The van der Waals surface area contributed by atoms with Crippen molar-refractivity contribution in [3.8, 4) is 0 Å². The molecule has 0 spiro atoms. The second kappa shape index (κ2) is 8.07. The summed E-state index contributed by atoms with van der Waals surface area (Å²) in [6.45, 7) is 0.914. The predicted octanol–water partition coefficient (Wildman–Crippen LogP) is 3.91. The zero-order chi connectivity index (χ0) is 21.2. The van der Waals surface area contributed by atoms with Crippen LogP contribution in [0, 0.1) is 0 Å². The third kappa shape index (κ3) is 3.80. The first-order chi connectivity index (χ1) is 15.2. The third-order valence-electron chi connectivity index (χ3n) is 5.60. The van der Waals surface area contributed by atoms with E-state index in [2.05, 4.69) is 29.4 Å². The molecule has 3 aromatic carbocycles. The van der Waals surface area contributed by atoms with Crippen LogP contribution in [0.1, 0.15) is 21.8 Å². The Morgan fingerprint density at radius 1 is 0.935 bits per heavy atom. The minimum Gasteiger partial charge on any atom is -0.351 e. The van der Waals surface area contributed by atoms with E-state index in [9.17, 15) is 9.59 Å². The average Bonchev–Trinajstić information content (AvgIpc) is 3.28. The van der Waals surface area contributed by atoms with Crippen LogP contribution in [-0.2, 0) is 11.2 Å². The van der Waals surface area contributed by atoms with Gasteiger partial charge in [0.2, 0.25) is 11.7 Å². The Kier molecular flexibility index (Phi) is 4.96. The molecule has 0 unspecified atom stereocenters. The number of rotatable bonds is 4. The van der Waals surface area contributed by atoms with E-state index in [-0.39, 0.29) is 24.1 Å². The van der Waals surface area contributed by atoms with Gasteiger partial charge in [-0.15, -0.1) is 0 Å². The van der Waals surface area contributed by atoms with E-state index in [4.69, 9.17) is 4.52 Å². The molecule has 0 saturated carbocycles. The van der Waals surface area contributed by atoms with E-state index in [0.717, 1.165) is 22.0 Å². The lowest BCUT2D eigenvalue weighted by Crippen LogP contribution is -2.52. The van der Waals surface area contributed by atoms with Gasteiger partial charge in [0.15, 0.2) is 0 Å². The van der Waals surface area contributed by atoms with Crippen LogP contribution in [0.4, 0.5) is 5.69 Å². The summed E-state index contributed by atoms with van der Waals surface area (Å²) >= 11 is 0. The van der Waals surface area contributed by atoms with Gasteiger partial charge in [0, 0.05) is 31.3 Å². The van der Waals surface area contributed by atoms with Crippen molar-refractivity contribution >= 4 is 28.3 Å². The Balaban J connectivity index is 1.29. The number of fused-ring (bicyclic) bond motifs is 1. The van der Waals surface area contributed by atoms with Crippen molar-refractivity contribution in [3.05, 3.63) is 95.9 Å². The second-order valence-electron chi connectivity index (χ2n) is 7.61. The van der Waals surface area contributed by atoms with E-state index >= 15 is 0 Å². The number of carbonyl (C=O) groups is 2. The maximum Gasteiger partial charge on any atom is 0.293 e. The van der Waals surface area contributed by atoms with Gasteiger partial charge in [-0.05, 0) is 28.5 Å². The van der Waals surface area contributed by atoms with Gasteiger partial charge < -0.3 is 14.3 Å². The quantitative estimate of drug-likeness (QED) is 0.511. The lowest BCUT2D eigenvalue weighted by molar-refractivity contribution is -0.120. The number of piperazine rings is 1. The standard InChI is InChI=1S/C25H21N3O3/c29-24-17-27(13-14-28(24)21-10-2-1-3-11-21)25(30)23-16-20(26-31-23)15-19-9-6-8-18-7-4-5-12-22(18)19/h1-12,16H,13-15,17H2. The number of aromatic nitrogens is 1. The van der Waals surface area contributed by atoms with E-state index in [1.165, 1.54) is 4.90 Å². The second-order valence-corrected chi connectivity index (χ2v) is 7.61. The van der Waals surface area contributed by atoms with Gasteiger partial charge in [0.1, 0.15) is 6.54 Å². The number of hydrogen-bond donors (Lipinski definition) is 0. The van der Waals surface area contributed by atoms with E-state index < -0.39 is 0 Å². The van der Waals surface area contributed by atoms with Crippen molar-refractivity contribution in [1.29, 1.82) is 0 Å². The summed E-state index contributed by atoms with van der Waals surface area (Å²) in [6, 6.07) is 25.5. The highest BCUT2D eigenvalue weighted by molar-refractivity contribution is 6.00. The van der Waals surface area contributed by atoms with Crippen LogP contribution < -0.4 is 4.90 Å². The molecule has 154 valence electrons. The summed E-state index contributed by atoms with van der Waals surface area (Å²) in [6.07, 6.45) is 0.568. The normalized spacial score (nSPS) is 14.3. The minimum atomic E-state index is -0.308. The van der Waals surface area contributed by atoms with Crippen molar-refractivity contribution in [2.45, 2.75) is 6.42 Å². The van der Waals surface area contributed by atoms with E-state index in [1.807, 2.05) is 48.5 Å². The SMILES string of the molecule is O=C(c1cc(Cc2cccc3ccccc23)no1)N1CCN(c2ccccc2)C(=O)C1. The Labute approximate surface area is 179 Å². The number of benzene rings is 3. The van der Waals surface area contributed by atoms with Crippen molar-refractivity contribution in [1.82, 2.24) is 10.1 Å². The molecule has 2 heterocycles. The van der Waals surface area contributed by atoms with Crippen LogP contribution in [0.15, 0.2) is 83.4 Å². The zero-order valence-corrected chi connectivity index (χ0v) is 16.9. The van der Waals surface area contributed by atoms with Gasteiger partial charge >= 0.3 is 0 Å². The highest BCUT2D eigenvalue weighted by Crippen LogP contribution is 2.22. The molecule has 0 atom stereocenters. The number of hydrogen-bond acceptors (Lipinski definition) is 4. The number of amides is 2. The molecule has 0 N–H and O–H groups in total. The van der Waals surface area contributed by atoms with Gasteiger partial charge in [0.25, 0.3) is 5.91 Å². The largest absolute Gasteiger partial charge is 0.351 e. The van der Waals surface area contributed by atoms with Crippen molar-refractivity contribution in [2.75, 3.05) is 24.5 Å². The Morgan fingerprint density at radius 2 is 1.71 bits per heavy atom. The van der Waals surface area contributed by atoms with Gasteiger partial charge in [-0.25, -0.2) is 0 Å². The maximum atomic E-state index is 12.9. The summed E-state index contributed by atoms with van der Waals surface area (Å²) in [5.74, 6) is -0.254. The summed E-state index contributed by atoms with van der Waals surface area (Å²) in [5.41, 5.74) is 2.66. The Hall–Kier alpha value is -3.93. The van der Waals surface area contributed by atoms with Crippen LogP contribution in [0.25, 0.3) is 10.8 Å².